The van der Waals surface area contributed by atoms with Gasteiger partial charge in [-0.2, -0.15) is 0 Å². The Morgan fingerprint density at radius 2 is 2.10 bits per heavy atom. The van der Waals surface area contributed by atoms with E-state index in [4.69, 9.17) is 37.4 Å². The van der Waals surface area contributed by atoms with Crippen molar-refractivity contribution in [2.75, 3.05) is 13.4 Å². The molecule has 0 amide bonds. The Labute approximate surface area is 128 Å². The number of hydrogen-bond acceptors (Lipinski definition) is 4. The third-order valence-electron chi connectivity index (χ3n) is 2.74. The highest BCUT2D eigenvalue weighted by atomic mass is 35.5. The number of halogens is 2. The fourth-order valence-corrected chi connectivity index (χ4v) is 1.85. The van der Waals surface area contributed by atoms with Crippen LogP contribution in [0.3, 0.4) is 0 Å². The van der Waals surface area contributed by atoms with E-state index in [0.717, 1.165) is 11.3 Å². The average Bonchev–Trinajstić information content (AvgIpc) is 2.88. The van der Waals surface area contributed by atoms with Gasteiger partial charge in [0, 0.05) is 29.8 Å². The van der Waals surface area contributed by atoms with Gasteiger partial charge in [-0.1, -0.05) is 37.0 Å². The Kier molecular flexibility index (Phi) is 5.40. The van der Waals surface area contributed by atoms with E-state index in [9.17, 15) is 0 Å². The number of benzene rings is 1. The maximum absolute atomic E-state index is 5.84. The zero-order valence-corrected chi connectivity index (χ0v) is 12.9. The average molecular weight is 318 g/mol. The van der Waals surface area contributed by atoms with Gasteiger partial charge in [0.25, 0.3) is 0 Å². The third kappa shape index (κ3) is 3.95. The molecule has 2 rings (SSSR count). The molecule has 0 bridgehead atoms. The summed E-state index contributed by atoms with van der Waals surface area (Å²) < 4.78 is 16.4. The van der Waals surface area contributed by atoms with Crippen LogP contribution in [0.25, 0.3) is 0 Å². The van der Waals surface area contributed by atoms with Gasteiger partial charge < -0.3 is 19.5 Å². The highest BCUT2D eigenvalue weighted by Gasteiger charge is 2.18. The Bertz CT molecular complexity index is 503. The minimum absolute atomic E-state index is 0.222. The first-order chi connectivity index (χ1) is 9.60. The number of ether oxygens (including phenoxy) is 3. The molecule has 1 aromatic rings. The van der Waals surface area contributed by atoms with Gasteiger partial charge in [-0.05, 0) is 6.07 Å². The molecule has 0 saturated carbocycles. The largest absolute Gasteiger partial charge is 0.487 e. The van der Waals surface area contributed by atoms with Crippen LogP contribution in [0.1, 0.15) is 19.4 Å². The first kappa shape index (κ1) is 15.3. The predicted octanol–water partition coefficient (Wildman–Crippen LogP) is 3.61. The third-order valence-corrected chi connectivity index (χ3v) is 3.33. The summed E-state index contributed by atoms with van der Waals surface area (Å²) in [5, 5.41) is 3.78. The Morgan fingerprint density at radius 3 is 2.75 bits per heavy atom. The van der Waals surface area contributed by atoms with E-state index in [0.29, 0.717) is 29.1 Å². The number of nitrogens with one attached hydrogen (secondary N) is 1. The second-order valence-electron chi connectivity index (χ2n) is 4.69. The summed E-state index contributed by atoms with van der Waals surface area (Å²) in [7, 11) is 0. The smallest absolute Gasteiger partial charge is 0.231 e. The molecule has 1 aliphatic rings. The number of rotatable bonds is 6. The lowest BCUT2D eigenvalue weighted by Crippen LogP contribution is -2.22. The SMILES string of the molecule is CC(C)NCc1cc2c(cc1OCC(Cl)=CCl)OCO2. The lowest BCUT2D eigenvalue weighted by atomic mass is 10.1. The van der Waals surface area contributed by atoms with E-state index in [1.165, 1.54) is 5.54 Å². The molecule has 0 radical (unpaired) electrons. The fraction of sp³-hybridized carbons (Fsp3) is 0.429. The summed E-state index contributed by atoms with van der Waals surface area (Å²) in [6, 6.07) is 4.11. The predicted molar refractivity (Wildman–Crippen MR) is 79.8 cm³/mol. The van der Waals surface area contributed by atoms with Crippen molar-refractivity contribution in [1.82, 2.24) is 5.32 Å². The molecule has 1 aliphatic heterocycles. The lowest BCUT2D eigenvalue weighted by molar-refractivity contribution is 0.174. The molecular formula is C14H17Cl2NO3. The molecule has 0 aliphatic carbocycles. The molecule has 0 atom stereocenters. The minimum atomic E-state index is 0.222. The molecule has 0 fully saturated rings. The summed E-state index contributed by atoms with van der Waals surface area (Å²) in [5.74, 6) is 2.12. The first-order valence-electron chi connectivity index (χ1n) is 6.33. The topological polar surface area (TPSA) is 39.7 Å². The van der Waals surface area contributed by atoms with Gasteiger partial charge in [-0.3, -0.25) is 0 Å². The van der Waals surface area contributed by atoms with Gasteiger partial charge >= 0.3 is 0 Å². The maximum Gasteiger partial charge on any atom is 0.231 e. The lowest BCUT2D eigenvalue weighted by Gasteiger charge is -2.14. The Morgan fingerprint density at radius 1 is 1.40 bits per heavy atom. The number of fused-ring (bicyclic) bond motifs is 1. The molecule has 1 aromatic carbocycles. The van der Waals surface area contributed by atoms with E-state index >= 15 is 0 Å². The van der Waals surface area contributed by atoms with Crippen LogP contribution in [-0.4, -0.2) is 19.4 Å². The van der Waals surface area contributed by atoms with Gasteiger partial charge in [0.2, 0.25) is 6.79 Å². The van der Waals surface area contributed by atoms with Gasteiger partial charge in [0.05, 0.1) is 5.03 Å². The normalized spacial score (nSPS) is 13.9. The van der Waals surface area contributed by atoms with Crippen LogP contribution in [-0.2, 0) is 6.54 Å². The van der Waals surface area contributed by atoms with Crippen LogP contribution in [0.15, 0.2) is 22.7 Å². The fourth-order valence-electron chi connectivity index (χ4n) is 1.73. The van der Waals surface area contributed by atoms with Gasteiger partial charge in [-0.15, -0.1) is 0 Å². The summed E-state index contributed by atoms with van der Waals surface area (Å²) in [6.07, 6.45) is 0. The van der Waals surface area contributed by atoms with Crippen molar-refractivity contribution in [3.05, 3.63) is 28.3 Å². The monoisotopic (exact) mass is 317 g/mol. The van der Waals surface area contributed by atoms with Crippen molar-refractivity contribution >= 4 is 23.2 Å². The van der Waals surface area contributed by atoms with Crippen LogP contribution in [0.5, 0.6) is 17.2 Å². The highest BCUT2D eigenvalue weighted by Crippen LogP contribution is 2.38. The van der Waals surface area contributed by atoms with Crippen molar-refractivity contribution in [3.8, 4) is 17.2 Å². The minimum Gasteiger partial charge on any atom is -0.487 e. The van der Waals surface area contributed by atoms with E-state index in [1.807, 2.05) is 12.1 Å². The zero-order chi connectivity index (χ0) is 14.5. The molecular weight excluding hydrogens is 301 g/mol. The van der Waals surface area contributed by atoms with Crippen molar-refractivity contribution in [1.29, 1.82) is 0 Å². The molecule has 1 heterocycles. The van der Waals surface area contributed by atoms with E-state index in [2.05, 4.69) is 19.2 Å². The molecule has 110 valence electrons. The van der Waals surface area contributed by atoms with Crippen LogP contribution >= 0.6 is 23.2 Å². The summed E-state index contributed by atoms with van der Waals surface area (Å²) in [6.45, 7) is 5.30. The van der Waals surface area contributed by atoms with Crippen molar-refractivity contribution in [2.45, 2.75) is 26.4 Å². The molecule has 1 N–H and O–H groups in total. The standard InChI is InChI=1S/C14H17Cl2NO3/c1-9(2)17-6-10-3-13-14(20-8-19-13)4-12(10)18-7-11(16)5-15/h3-5,9,17H,6-8H2,1-2H3. The summed E-state index contributed by atoms with van der Waals surface area (Å²) >= 11 is 11.4. The van der Waals surface area contributed by atoms with Crippen molar-refractivity contribution < 1.29 is 14.2 Å². The van der Waals surface area contributed by atoms with Gasteiger partial charge in [0.1, 0.15) is 12.4 Å². The summed E-state index contributed by atoms with van der Waals surface area (Å²) in [4.78, 5) is 0. The van der Waals surface area contributed by atoms with Crippen LogP contribution < -0.4 is 19.5 Å². The Balaban J connectivity index is 2.17. The quantitative estimate of drug-likeness (QED) is 0.870. The zero-order valence-electron chi connectivity index (χ0n) is 11.4. The Hall–Kier alpha value is -1.10. The van der Waals surface area contributed by atoms with Crippen LogP contribution in [0, 0.1) is 0 Å². The first-order valence-corrected chi connectivity index (χ1v) is 7.15. The van der Waals surface area contributed by atoms with Crippen LogP contribution in [0.2, 0.25) is 0 Å². The number of hydrogen-bond donors (Lipinski definition) is 1. The van der Waals surface area contributed by atoms with E-state index in [1.54, 1.807) is 0 Å². The van der Waals surface area contributed by atoms with E-state index < -0.39 is 0 Å². The molecule has 0 spiro atoms. The van der Waals surface area contributed by atoms with Crippen LogP contribution in [0.4, 0.5) is 0 Å². The second-order valence-corrected chi connectivity index (χ2v) is 5.40. The molecule has 0 unspecified atom stereocenters. The highest BCUT2D eigenvalue weighted by molar-refractivity contribution is 6.36. The maximum atomic E-state index is 5.84. The second kappa shape index (κ2) is 7.07. The summed E-state index contributed by atoms with van der Waals surface area (Å²) in [5.41, 5.74) is 2.28. The molecule has 0 aromatic heterocycles. The van der Waals surface area contributed by atoms with Gasteiger partial charge in [-0.25, -0.2) is 0 Å². The molecule has 0 saturated heterocycles. The molecule has 4 nitrogen and oxygen atoms in total. The molecule has 20 heavy (non-hydrogen) atoms. The van der Waals surface area contributed by atoms with Crippen molar-refractivity contribution in [3.63, 3.8) is 0 Å². The van der Waals surface area contributed by atoms with E-state index in [-0.39, 0.29) is 13.4 Å². The molecule has 6 heteroatoms. The van der Waals surface area contributed by atoms with Gasteiger partial charge in [0.15, 0.2) is 11.5 Å². The van der Waals surface area contributed by atoms with Crippen molar-refractivity contribution in [2.24, 2.45) is 0 Å².